The normalized spacial score (nSPS) is 23.8. The molecule has 1 fully saturated rings. The summed E-state index contributed by atoms with van der Waals surface area (Å²) in [6.45, 7) is 7.29. The lowest BCUT2D eigenvalue weighted by molar-refractivity contribution is -0.0527. The standard InChI is InChI=1S/C16H25N3O/c1-12-9-13(15(17)18)5-6-14(12)10-19-8-4-7-16(2,11-19)20-3/h5-6,9H,4,7-8,10-11H2,1-3H3,(H3,17,18). The van der Waals surface area contributed by atoms with Gasteiger partial charge >= 0.3 is 0 Å². The number of hydrogen-bond acceptors (Lipinski definition) is 3. The molecule has 0 aliphatic carbocycles. The Hall–Kier alpha value is -1.39. The van der Waals surface area contributed by atoms with E-state index in [1.54, 1.807) is 7.11 Å². The number of benzene rings is 1. The van der Waals surface area contributed by atoms with Crippen LogP contribution in [0.3, 0.4) is 0 Å². The quantitative estimate of drug-likeness (QED) is 0.654. The molecule has 1 saturated heterocycles. The van der Waals surface area contributed by atoms with Crippen LogP contribution in [0.2, 0.25) is 0 Å². The van der Waals surface area contributed by atoms with Crippen LogP contribution in [0, 0.1) is 12.3 Å². The van der Waals surface area contributed by atoms with Gasteiger partial charge in [0.25, 0.3) is 0 Å². The van der Waals surface area contributed by atoms with Crippen LogP contribution in [0.4, 0.5) is 0 Å². The minimum absolute atomic E-state index is 0.0223. The van der Waals surface area contributed by atoms with Gasteiger partial charge in [0.05, 0.1) is 5.60 Å². The maximum Gasteiger partial charge on any atom is 0.122 e. The maximum absolute atomic E-state index is 7.48. The summed E-state index contributed by atoms with van der Waals surface area (Å²) in [6, 6.07) is 6.02. The fraction of sp³-hybridized carbons (Fsp3) is 0.562. The Bertz CT molecular complexity index is 500. The van der Waals surface area contributed by atoms with Crippen LogP contribution in [0.15, 0.2) is 18.2 Å². The van der Waals surface area contributed by atoms with Crippen LogP contribution < -0.4 is 5.73 Å². The van der Waals surface area contributed by atoms with E-state index in [2.05, 4.69) is 24.8 Å². The third kappa shape index (κ3) is 3.38. The number of nitrogen functional groups attached to an aromatic ring is 1. The maximum atomic E-state index is 7.48. The van der Waals surface area contributed by atoms with Gasteiger partial charge in [0.15, 0.2) is 0 Å². The Morgan fingerprint density at radius 1 is 1.50 bits per heavy atom. The average Bonchev–Trinajstić information content (AvgIpc) is 2.41. The number of nitrogens with two attached hydrogens (primary N) is 1. The summed E-state index contributed by atoms with van der Waals surface area (Å²) in [5, 5.41) is 7.48. The summed E-state index contributed by atoms with van der Waals surface area (Å²) in [5.41, 5.74) is 8.80. The van der Waals surface area contributed by atoms with E-state index in [1.807, 2.05) is 12.1 Å². The van der Waals surface area contributed by atoms with E-state index in [1.165, 1.54) is 17.5 Å². The van der Waals surface area contributed by atoms with Crippen molar-refractivity contribution in [2.24, 2.45) is 5.73 Å². The molecule has 0 aromatic heterocycles. The molecule has 1 heterocycles. The van der Waals surface area contributed by atoms with Gasteiger partial charge in [-0.3, -0.25) is 10.3 Å². The average molecular weight is 275 g/mol. The highest BCUT2D eigenvalue weighted by Crippen LogP contribution is 2.25. The van der Waals surface area contributed by atoms with E-state index in [-0.39, 0.29) is 11.4 Å². The summed E-state index contributed by atoms with van der Waals surface area (Å²) < 4.78 is 5.64. The zero-order valence-electron chi connectivity index (χ0n) is 12.7. The Labute approximate surface area is 121 Å². The van der Waals surface area contributed by atoms with Crippen LogP contribution >= 0.6 is 0 Å². The molecule has 4 nitrogen and oxygen atoms in total. The first-order chi connectivity index (χ1) is 9.43. The van der Waals surface area contributed by atoms with Gasteiger partial charge < -0.3 is 10.5 Å². The van der Waals surface area contributed by atoms with E-state index >= 15 is 0 Å². The lowest BCUT2D eigenvalue weighted by Gasteiger charge is -2.39. The fourth-order valence-corrected chi connectivity index (χ4v) is 2.89. The summed E-state index contributed by atoms with van der Waals surface area (Å²) >= 11 is 0. The lowest BCUT2D eigenvalue weighted by atomic mass is 9.94. The Kier molecular flexibility index (Phi) is 4.45. The second-order valence-corrected chi connectivity index (χ2v) is 6.02. The molecule has 0 radical (unpaired) electrons. The molecule has 0 spiro atoms. The largest absolute Gasteiger partial charge is 0.384 e. The van der Waals surface area contributed by atoms with Crippen molar-refractivity contribution in [3.63, 3.8) is 0 Å². The van der Waals surface area contributed by atoms with Crippen molar-refractivity contribution in [1.29, 1.82) is 5.41 Å². The minimum atomic E-state index is -0.0223. The summed E-state index contributed by atoms with van der Waals surface area (Å²) in [5.74, 6) is 0.129. The Morgan fingerprint density at radius 3 is 2.85 bits per heavy atom. The molecule has 20 heavy (non-hydrogen) atoms. The first-order valence-electron chi connectivity index (χ1n) is 7.15. The van der Waals surface area contributed by atoms with Crippen molar-refractivity contribution in [3.8, 4) is 0 Å². The highest BCUT2D eigenvalue weighted by atomic mass is 16.5. The van der Waals surface area contributed by atoms with Crippen LogP contribution in [-0.4, -0.2) is 36.5 Å². The molecule has 4 heteroatoms. The van der Waals surface area contributed by atoms with E-state index in [0.717, 1.165) is 31.6 Å². The molecule has 1 aromatic carbocycles. The number of aryl methyl sites for hydroxylation is 1. The number of amidine groups is 1. The van der Waals surface area contributed by atoms with Gasteiger partial charge in [-0.15, -0.1) is 0 Å². The SMILES string of the molecule is COC1(C)CCCN(Cc2ccc(C(=N)N)cc2C)C1. The minimum Gasteiger partial charge on any atom is -0.384 e. The molecular weight excluding hydrogens is 250 g/mol. The second kappa shape index (κ2) is 5.94. The van der Waals surface area contributed by atoms with Gasteiger partial charge in [-0.25, -0.2) is 0 Å². The molecule has 1 aliphatic heterocycles. The van der Waals surface area contributed by atoms with Gasteiger partial charge in [0.1, 0.15) is 5.84 Å². The Balaban J connectivity index is 2.08. The van der Waals surface area contributed by atoms with Crippen molar-refractivity contribution in [1.82, 2.24) is 4.90 Å². The molecule has 1 unspecified atom stereocenters. The second-order valence-electron chi connectivity index (χ2n) is 6.02. The van der Waals surface area contributed by atoms with Crippen LogP contribution in [-0.2, 0) is 11.3 Å². The van der Waals surface area contributed by atoms with Gasteiger partial charge in [0, 0.05) is 25.8 Å². The number of methoxy groups -OCH3 is 1. The van der Waals surface area contributed by atoms with Crippen LogP contribution in [0.25, 0.3) is 0 Å². The number of ether oxygens (including phenoxy) is 1. The van der Waals surface area contributed by atoms with Gasteiger partial charge in [0.2, 0.25) is 0 Å². The molecule has 0 saturated carbocycles. The predicted molar refractivity (Wildman–Crippen MR) is 82.1 cm³/mol. The lowest BCUT2D eigenvalue weighted by Crippen LogP contribution is -2.46. The van der Waals surface area contributed by atoms with E-state index in [0.29, 0.717) is 0 Å². The first-order valence-corrected chi connectivity index (χ1v) is 7.15. The molecule has 3 N–H and O–H groups in total. The predicted octanol–water partition coefficient (Wildman–Crippen LogP) is 2.28. The number of rotatable bonds is 4. The number of nitrogens with one attached hydrogen (secondary N) is 1. The van der Waals surface area contributed by atoms with Crippen molar-refractivity contribution in [3.05, 3.63) is 34.9 Å². The number of likely N-dealkylation sites (tertiary alicyclic amines) is 1. The van der Waals surface area contributed by atoms with Crippen LogP contribution in [0.5, 0.6) is 0 Å². The molecule has 0 amide bonds. The van der Waals surface area contributed by atoms with Gasteiger partial charge in [-0.05, 0) is 50.4 Å². The monoisotopic (exact) mass is 275 g/mol. The molecule has 2 rings (SSSR count). The molecule has 1 aromatic rings. The topological polar surface area (TPSA) is 62.3 Å². The van der Waals surface area contributed by atoms with Crippen molar-refractivity contribution in [2.45, 2.75) is 38.8 Å². The van der Waals surface area contributed by atoms with E-state index < -0.39 is 0 Å². The molecular formula is C16H25N3O. The summed E-state index contributed by atoms with van der Waals surface area (Å²) in [7, 11) is 1.80. The van der Waals surface area contributed by atoms with Crippen molar-refractivity contribution in [2.75, 3.05) is 20.2 Å². The smallest absolute Gasteiger partial charge is 0.122 e. The highest BCUT2D eigenvalue weighted by Gasteiger charge is 2.30. The summed E-state index contributed by atoms with van der Waals surface area (Å²) in [6.07, 6.45) is 2.30. The highest BCUT2D eigenvalue weighted by molar-refractivity contribution is 5.95. The fourth-order valence-electron chi connectivity index (χ4n) is 2.89. The van der Waals surface area contributed by atoms with Crippen molar-refractivity contribution < 1.29 is 4.74 Å². The number of piperidine rings is 1. The van der Waals surface area contributed by atoms with Gasteiger partial charge in [-0.2, -0.15) is 0 Å². The third-order valence-corrected chi connectivity index (χ3v) is 4.28. The van der Waals surface area contributed by atoms with Crippen molar-refractivity contribution >= 4 is 5.84 Å². The third-order valence-electron chi connectivity index (χ3n) is 4.28. The molecule has 110 valence electrons. The Morgan fingerprint density at radius 2 is 2.25 bits per heavy atom. The number of nitrogens with zero attached hydrogens (tertiary/aromatic N) is 1. The summed E-state index contributed by atoms with van der Waals surface area (Å²) in [4.78, 5) is 2.45. The molecule has 1 atom stereocenters. The first kappa shape index (κ1) is 15.0. The zero-order valence-corrected chi connectivity index (χ0v) is 12.7. The molecule has 0 bridgehead atoms. The molecule has 1 aliphatic rings. The van der Waals surface area contributed by atoms with E-state index in [9.17, 15) is 0 Å². The zero-order chi connectivity index (χ0) is 14.8. The number of hydrogen-bond donors (Lipinski definition) is 2. The van der Waals surface area contributed by atoms with Crippen LogP contribution in [0.1, 0.15) is 36.5 Å². The van der Waals surface area contributed by atoms with Gasteiger partial charge in [-0.1, -0.05) is 12.1 Å². The van der Waals surface area contributed by atoms with E-state index in [4.69, 9.17) is 15.9 Å².